The van der Waals surface area contributed by atoms with Crippen LogP contribution in [0.3, 0.4) is 0 Å². The molecule has 0 fully saturated rings. The molecule has 1 atom stereocenters. The summed E-state index contributed by atoms with van der Waals surface area (Å²) in [6.07, 6.45) is -2.98. The Morgan fingerprint density at radius 2 is 1.88 bits per heavy atom. The largest absolute Gasteiger partial charge is 0.485 e. The van der Waals surface area contributed by atoms with Crippen LogP contribution >= 0.6 is 11.6 Å². The Balaban J connectivity index is 1.64. The molecular weight excluding hydrogens is 445 g/mol. The molecule has 0 radical (unpaired) electrons. The number of rotatable bonds is 7. The second-order valence-electron chi connectivity index (χ2n) is 7.19. The monoisotopic (exact) mass is 462 g/mol. The van der Waals surface area contributed by atoms with Gasteiger partial charge in [-0.1, -0.05) is 35.9 Å². The first kappa shape index (κ1) is 22.0. The van der Waals surface area contributed by atoms with Crippen LogP contribution in [0.4, 0.5) is 19.0 Å². The Labute approximate surface area is 187 Å². The van der Waals surface area contributed by atoms with Crippen LogP contribution in [0, 0.1) is 0 Å². The Kier molecular flexibility index (Phi) is 6.23. The van der Waals surface area contributed by atoms with Crippen molar-refractivity contribution in [2.45, 2.75) is 18.7 Å². The fraction of sp³-hybridized carbons (Fsp3) is 0.217. The molecule has 0 amide bonds. The fourth-order valence-corrected chi connectivity index (χ4v) is 3.57. The molecule has 0 aliphatic carbocycles. The van der Waals surface area contributed by atoms with E-state index in [9.17, 15) is 18.0 Å². The summed E-state index contributed by atoms with van der Waals surface area (Å²) < 4.78 is 49.5. The van der Waals surface area contributed by atoms with Gasteiger partial charge in [-0.3, -0.25) is 4.79 Å². The lowest BCUT2D eigenvalue weighted by atomic mass is 9.92. The summed E-state index contributed by atoms with van der Waals surface area (Å²) in [6, 6.07) is 14.8. The molecule has 2 aromatic carbocycles. The third kappa shape index (κ3) is 4.96. The summed E-state index contributed by atoms with van der Waals surface area (Å²) in [5.74, 6) is -0.580. The van der Waals surface area contributed by atoms with Crippen molar-refractivity contribution in [1.29, 1.82) is 0 Å². The van der Waals surface area contributed by atoms with Crippen LogP contribution in [0.1, 0.15) is 27.4 Å². The van der Waals surface area contributed by atoms with Crippen molar-refractivity contribution >= 4 is 23.2 Å². The van der Waals surface area contributed by atoms with E-state index >= 15 is 0 Å². The molecule has 1 N–H and O–H groups in total. The molecule has 4 rings (SSSR count). The van der Waals surface area contributed by atoms with Gasteiger partial charge in [-0.25, -0.2) is 4.98 Å². The summed E-state index contributed by atoms with van der Waals surface area (Å²) in [5, 5.41) is 3.60. The molecule has 0 saturated carbocycles. The number of ether oxygens (including phenoxy) is 2. The number of carbonyl (C=O) groups is 1. The summed E-state index contributed by atoms with van der Waals surface area (Å²) in [5.41, 5.74) is 1.46. The number of hydrogen-bond acceptors (Lipinski definition) is 5. The van der Waals surface area contributed by atoms with Crippen molar-refractivity contribution in [1.82, 2.24) is 4.98 Å². The van der Waals surface area contributed by atoms with Gasteiger partial charge in [-0.15, -0.1) is 0 Å². The highest BCUT2D eigenvalue weighted by molar-refractivity contribution is 6.30. The lowest BCUT2D eigenvalue weighted by Gasteiger charge is -2.18. The van der Waals surface area contributed by atoms with E-state index in [0.717, 1.165) is 5.56 Å². The average molecular weight is 463 g/mol. The molecule has 1 aliphatic rings. The van der Waals surface area contributed by atoms with Crippen LogP contribution in [0.5, 0.6) is 11.5 Å². The molecule has 1 aromatic heterocycles. The Bertz CT molecular complexity index is 1120. The summed E-state index contributed by atoms with van der Waals surface area (Å²) in [4.78, 5) is 17.5. The topological polar surface area (TPSA) is 60.5 Å². The van der Waals surface area contributed by atoms with Gasteiger partial charge in [-0.2, -0.15) is 13.2 Å². The summed E-state index contributed by atoms with van der Waals surface area (Å²) in [7, 11) is 0. The highest BCUT2D eigenvalue weighted by atomic mass is 35.5. The first-order valence-electron chi connectivity index (χ1n) is 9.74. The number of hydrogen-bond donors (Lipinski definition) is 1. The van der Waals surface area contributed by atoms with Crippen LogP contribution in [-0.2, 0) is 6.61 Å². The van der Waals surface area contributed by atoms with Gasteiger partial charge in [0.25, 0.3) is 0 Å². The zero-order chi connectivity index (χ0) is 22.7. The van der Waals surface area contributed by atoms with Crippen molar-refractivity contribution < 1.29 is 27.4 Å². The number of halogens is 4. The predicted molar refractivity (Wildman–Crippen MR) is 114 cm³/mol. The standard InChI is InChI=1S/C23H18ClF3N2O3/c24-15-8-6-14(7-9-15)12-31-19-5-1-3-17(21(19)32-13-23(25,26)27)20(30)18-11-29-22-16(18)4-2-10-28-22/h1-10,18H,11-13H2,(H,28,29). The van der Waals surface area contributed by atoms with Crippen molar-refractivity contribution in [3.8, 4) is 11.5 Å². The van der Waals surface area contributed by atoms with Gasteiger partial charge < -0.3 is 14.8 Å². The number of alkyl halides is 3. The van der Waals surface area contributed by atoms with Crippen LogP contribution in [0.25, 0.3) is 0 Å². The first-order valence-corrected chi connectivity index (χ1v) is 10.1. The molecule has 3 aromatic rings. The van der Waals surface area contributed by atoms with Gasteiger partial charge in [0.2, 0.25) is 0 Å². The molecule has 1 unspecified atom stereocenters. The molecule has 0 spiro atoms. The molecule has 9 heteroatoms. The maximum Gasteiger partial charge on any atom is 0.422 e. The molecule has 0 bridgehead atoms. The average Bonchev–Trinajstić information content (AvgIpc) is 3.20. The third-order valence-corrected chi connectivity index (χ3v) is 5.19. The number of anilines is 1. The molecule has 1 aliphatic heterocycles. The van der Waals surface area contributed by atoms with E-state index in [2.05, 4.69) is 10.3 Å². The van der Waals surface area contributed by atoms with E-state index in [1.807, 2.05) is 0 Å². The quantitative estimate of drug-likeness (QED) is 0.460. The molecule has 166 valence electrons. The van der Waals surface area contributed by atoms with E-state index in [-0.39, 0.29) is 29.5 Å². The van der Waals surface area contributed by atoms with E-state index in [4.69, 9.17) is 21.1 Å². The SMILES string of the molecule is O=C(c1cccc(OCc2ccc(Cl)cc2)c1OCC(F)(F)F)C1CNc2ncccc21. The van der Waals surface area contributed by atoms with Gasteiger partial charge in [0.1, 0.15) is 12.4 Å². The van der Waals surface area contributed by atoms with E-state index in [1.54, 1.807) is 48.7 Å². The van der Waals surface area contributed by atoms with Gasteiger partial charge in [-0.05, 0) is 35.9 Å². The minimum absolute atomic E-state index is 0.0198. The zero-order valence-electron chi connectivity index (χ0n) is 16.7. The smallest absolute Gasteiger partial charge is 0.422 e. The number of ketones is 1. The summed E-state index contributed by atoms with van der Waals surface area (Å²) >= 11 is 5.88. The Hall–Kier alpha value is -3.26. The van der Waals surface area contributed by atoms with E-state index < -0.39 is 18.7 Å². The van der Waals surface area contributed by atoms with Crippen LogP contribution in [-0.4, -0.2) is 30.1 Å². The van der Waals surface area contributed by atoms with Gasteiger partial charge >= 0.3 is 6.18 Å². The third-order valence-electron chi connectivity index (χ3n) is 4.94. The molecule has 32 heavy (non-hydrogen) atoms. The van der Waals surface area contributed by atoms with Crippen LogP contribution in [0.15, 0.2) is 60.8 Å². The minimum atomic E-state index is -4.57. The number of fused-ring (bicyclic) bond motifs is 1. The minimum Gasteiger partial charge on any atom is -0.485 e. The molecular formula is C23H18ClF3N2O3. The Morgan fingerprint density at radius 1 is 1.09 bits per heavy atom. The highest BCUT2D eigenvalue weighted by Gasteiger charge is 2.34. The number of pyridine rings is 1. The number of carbonyl (C=O) groups excluding carboxylic acids is 1. The van der Waals surface area contributed by atoms with Crippen molar-refractivity contribution in [3.63, 3.8) is 0 Å². The number of Topliss-reactive ketones (excluding diaryl/α,β-unsaturated/α-hetero) is 1. The normalized spacial score (nSPS) is 15.1. The lowest BCUT2D eigenvalue weighted by Crippen LogP contribution is -2.22. The van der Waals surface area contributed by atoms with Crippen molar-refractivity contribution in [3.05, 3.63) is 82.5 Å². The van der Waals surface area contributed by atoms with Crippen LogP contribution < -0.4 is 14.8 Å². The second kappa shape index (κ2) is 9.08. The highest BCUT2D eigenvalue weighted by Crippen LogP contribution is 2.38. The number of nitrogens with one attached hydrogen (secondary N) is 1. The Morgan fingerprint density at radius 3 is 2.62 bits per heavy atom. The van der Waals surface area contributed by atoms with E-state index in [1.165, 1.54) is 12.1 Å². The number of nitrogens with zero attached hydrogens (tertiary/aromatic N) is 1. The van der Waals surface area contributed by atoms with Crippen LogP contribution in [0.2, 0.25) is 5.02 Å². The van der Waals surface area contributed by atoms with Gasteiger partial charge in [0.05, 0.1) is 11.5 Å². The van der Waals surface area contributed by atoms with Crippen molar-refractivity contribution in [2.75, 3.05) is 18.5 Å². The first-order chi connectivity index (χ1) is 15.3. The van der Waals surface area contributed by atoms with E-state index in [0.29, 0.717) is 22.9 Å². The van der Waals surface area contributed by atoms with Gasteiger partial charge in [0.15, 0.2) is 23.9 Å². The fourth-order valence-electron chi connectivity index (χ4n) is 3.45. The summed E-state index contributed by atoms with van der Waals surface area (Å²) in [6.45, 7) is -1.19. The lowest BCUT2D eigenvalue weighted by molar-refractivity contribution is -0.153. The van der Waals surface area contributed by atoms with Crippen molar-refractivity contribution in [2.24, 2.45) is 0 Å². The molecule has 5 nitrogen and oxygen atoms in total. The predicted octanol–water partition coefficient (Wildman–Crippen LogP) is 5.65. The second-order valence-corrected chi connectivity index (χ2v) is 7.63. The number of aromatic nitrogens is 1. The molecule has 2 heterocycles. The maximum absolute atomic E-state index is 13.3. The molecule has 0 saturated heterocycles. The number of para-hydroxylation sites is 1. The zero-order valence-corrected chi connectivity index (χ0v) is 17.4. The number of benzene rings is 2. The maximum atomic E-state index is 13.3. The van der Waals surface area contributed by atoms with Gasteiger partial charge in [0, 0.05) is 23.3 Å².